The van der Waals surface area contributed by atoms with E-state index in [9.17, 15) is 14.3 Å². The largest absolute Gasteiger partial charge is 0.493 e. The second-order valence-electron chi connectivity index (χ2n) is 8.31. The van der Waals surface area contributed by atoms with Crippen LogP contribution in [0.4, 0.5) is 10.2 Å². The van der Waals surface area contributed by atoms with Crippen LogP contribution < -0.4 is 21.7 Å². The molecule has 1 saturated carbocycles. The smallest absolute Gasteiger partial charge is 0.326 e. The van der Waals surface area contributed by atoms with Crippen molar-refractivity contribution in [2.24, 2.45) is 4.99 Å². The summed E-state index contributed by atoms with van der Waals surface area (Å²) in [5, 5.41) is 20.3. The molecule has 0 saturated heterocycles. The maximum Gasteiger partial charge on any atom is 0.326 e. The number of rotatable bonds is 6. The number of nitrogens with zero attached hydrogens (tertiary/aromatic N) is 4. The minimum atomic E-state index is -0.512. The lowest BCUT2D eigenvalue weighted by molar-refractivity contribution is 0.454. The van der Waals surface area contributed by atoms with Crippen LogP contribution in [0, 0.1) is 5.82 Å². The fraction of sp³-hybridized carbons (Fsp3) is 0.167. The van der Waals surface area contributed by atoms with Crippen LogP contribution >= 0.6 is 11.3 Å². The molecule has 1 aliphatic rings. The number of imidazole rings is 1. The molecule has 1 aliphatic carbocycles. The van der Waals surface area contributed by atoms with E-state index in [1.165, 1.54) is 12.1 Å². The highest BCUT2D eigenvalue weighted by molar-refractivity contribution is 7.13. The first-order chi connectivity index (χ1) is 17.0. The molecule has 5 aromatic rings. The van der Waals surface area contributed by atoms with Gasteiger partial charge in [-0.3, -0.25) is 9.98 Å². The van der Waals surface area contributed by atoms with Crippen LogP contribution in [0.25, 0.3) is 22.2 Å². The first-order valence-corrected chi connectivity index (χ1v) is 11.9. The molecule has 4 N–H and O–H groups in total. The number of aromatic nitrogens is 5. The standard InChI is InChI=1S/C24H20FN7O2S/c25-15-3-6-17(19-2-1-7-35-19)13(8-15)11-26-20-10-21(28-16-4-5-16)32-22(30-20)14(12-27-32)9-18-23(33)31-24(34)29-18/h1-3,6-10,12,16,26,33H,4-5,11H2,(H2,29,31,34). The lowest BCUT2D eigenvalue weighted by atomic mass is 10.1. The van der Waals surface area contributed by atoms with Crippen molar-refractivity contribution in [3.63, 3.8) is 0 Å². The predicted molar refractivity (Wildman–Crippen MR) is 130 cm³/mol. The lowest BCUT2D eigenvalue weighted by Crippen LogP contribution is -2.20. The van der Waals surface area contributed by atoms with Gasteiger partial charge in [0.15, 0.2) is 11.1 Å². The Hall–Kier alpha value is -4.25. The van der Waals surface area contributed by atoms with Crippen LogP contribution in [0.5, 0.6) is 5.88 Å². The van der Waals surface area contributed by atoms with Gasteiger partial charge in [-0.15, -0.1) is 11.3 Å². The molecular weight excluding hydrogens is 469 g/mol. The molecule has 0 unspecified atom stereocenters. The molecule has 35 heavy (non-hydrogen) atoms. The molecule has 0 radical (unpaired) electrons. The first kappa shape index (κ1) is 21.3. The van der Waals surface area contributed by atoms with E-state index in [-0.39, 0.29) is 23.4 Å². The average molecular weight is 490 g/mol. The number of nitrogens with one attached hydrogen (secondary N) is 3. The summed E-state index contributed by atoms with van der Waals surface area (Å²) >= 11 is 1.60. The number of anilines is 1. The topological polar surface area (TPSA) is 123 Å². The third-order valence-electron chi connectivity index (χ3n) is 5.69. The summed E-state index contributed by atoms with van der Waals surface area (Å²) in [7, 11) is 0. The number of aromatic amines is 2. The van der Waals surface area contributed by atoms with Gasteiger partial charge in [0, 0.05) is 22.7 Å². The van der Waals surface area contributed by atoms with Crippen LogP contribution in [0.15, 0.2) is 57.8 Å². The molecule has 4 heterocycles. The SMILES string of the molecule is O=c1[nH]c(O)c(C=c2cnn3c(=NC4CC4)cc(NCc4cc(F)ccc4-c4cccs4)nc23)[nH]1. The van der Waals surface area contributed by atoms with Crippen LogP contribution in [0.1, 0.15) is 24.1 Å². The van der Waals surface area contributed by atoms with E-state index in [1.807, 2.05) is 23.6 Å². The molecule has 6 rings (SSSR count). The Bertz CT molecular complexity index is 1710. The molecule has 11 heteroatoms. The number of hydrogen-bond donors (Lipinski definition) is 4. The summed E-state index contributed by atoms with van der Waals surface area (Å²) in [4.78, 5) is 26.9. The van der Waals surface area contributed by atoms with Crippen molar-refractivity contribution in [2.45, 2.75) is 25.4 Å². The monoisotopic (exact) mass is 489 g/mol. The Kier molecular flexibility index (Phi) is 5.18. The second kappa shape index (κ2) is 8.51. The highest BCUT2D eigenvalue weighted by atomic mass is 32.1. The van der Waals surface area contributed by atoms with Crippen molar-refractivity contribution in [3.8, 4) is 16.3 Å². The van der Waals surface area contributed by atoms with Gasteiger partial charge in [-0.05, 0) is 53.6 Å². The molecule has 9 nitrogen and oxygen atoms in total. The van der Waals surface area contributed by atoms with E-state index >= 15 is 0 Å². The van der Waals surface area contributed by atoms with Crippen LogP contribution in [0.3, 0.4) is 0 Å². The van der Waals surface area contributed by atoms with Crippen molar-refractivity contribution in [1.29, 1.82) is 0 Å². The molecule has 1 aromatic carbocycles. The van der Waals surface area contributed by atoms with E-state index in [4.69, 9.17) is 9.98 Å². The maximum absolute atomic E-state index is 14.1. The Morgan fingerprint density at radius 3 is 2.91 bits per heavy atom. The summed E-state index contributed by atoms with van der Waals surface area (Å²) in [5.74, 6) is -0.0122. The predicted octanol–water partition coefficient (Wildman–Crippen LogP) is 2.54. The van der Waals surface area contributed by atoms with Crippen LogP contribution in [-0.2, 0) is 6.54 Å². The van der Waals surface area contributed by atoms with Gasteiger partial charge in [-0.2, -0.15) is 9.61 Å². The summed E-state index contributed by atoms with van der Waals surface area (Å²) in [6.45, 7) is 0.357. The van der Waals surface area contributed by atoms with Gasteiger partial charge >= 0.3 is 5.69 Å². The van der Waals surface area contributed by atoms with Crippen molar-refractivity contribution < 1.29 is 9.50 Å². The first-order valence-electron chi connectivity index (χ1n) is 11.1. The minimum Gasteiger partial charge on any atom is -0.493 e. The highest BCUT2D eigenvalue weighted by Gasteiger charge is 2.20. The molecule has 0 bridgehead atoms. The van der Waals surface area contributed by atoms with Gasteiger partial charge in [0.05, 0.1) is 12.2 Å². The Morgan fingerprint density at radius 1 is 1.29 bits per heavy atom. The van der Waals surface area contributed by atoms with Gasteiger partial charge in [0.25, 0.3) is 0 Å². The van der Waals surface area contributed by atoms with Crippen molar-refractivity contribution in [3.05, 3.63) is 86.2 Å². The van der Waals surface area contributed by atoms with Crippen molar-refractivity contribution >= 4 is 28.9 Å². The minimum absolute atomic E-state index is 0.228. The number of H-pyrrole nitrogens is 2. The van der Waals surface area contributed by atoms with Crippen molar-refractivity contribution in [1.82, 2.24) is 24.6 Å². The van der Waals surface area contributed by atoms with Gasteiger partial charge in [-0.1, -0.05) is 12.1 Å². The van der Waals surface area contributed by atoms with Crippen molar-refractivity contribution in [2.75, 3.05) is 5.32 Å². The van der Waals surface area contributed by atoms with E-state index in [0.29, 0.717) is 28.7 Å². The van der Waals surface area contributed by atoms with Gasteiger partial charge in [0.1, 0.15) is 17.3 Å². The van der Waals surface area contributed by atoms with Crippen LogP contribution in [-0.4, -0.2) is 35.7 Å². The molecule has 0 spiro atoms. The molecule has 0 amide bonds. The number of halogens is 1. The normalized spacial score (nSPS) is 14.8. The Labute approximate surface area is 201 Å². The number of hydrogen-bond acceptors (Lipinski definition) is 7. The van der Waals surface area contributed by atoms with E-state index < -0.39 is 5.69 Å². The third kappa shape index (κ3) is 4.33. The van der Waals surface area contributed by atoms with Gasteiger partial charge in [0.2, 0.25) is 5.88 Å². The second-order valence-corrected chi connectivity index (χ2v) is 9.26. The number of benzene rings is 1. The summed E-state index contributed by atoms with van der Waals surface area (Å²) < 4.78 is 15.7. The zero-order chi connectivity index (χ0) is 23.9. The molecule has 176 valence electrons. The quantitative estimate of drug-likeness (QED) is 0.292. The molecule has 1 fully saturated rings. The number of aromatic hydroxyl groups is 1. The highest BCUT2D eigenvalue weighted by Crippen LogP contribution is 2.29. The van der Waals surface area contributed by atoms with Crippen LogP contribution in [0.2, 0.25) is 0 Å². The fourth-order valence-corrected chi connectivity index (χ4v) is 4.64. The fourth-order valence-electron chi connectivity index (χ4n) is 3.85. The maximum atomic E-state index is 14.1. The number of fused-ring (bicyclic) bond motifs is 1. The van der Waals surface area contributed by atoms with Gasteiger partial charge < -0.3 is 15.4 Å². The zero-order valence-electron chi connectivity index (χ0n) is 18.3. The van der Waals surface area contributed by atoms with E-state index in [2.05, 4.69) is 20.4 Å². The molecule has 0 atom stereocenters. The zero-order valence-corrected chi connectivity index (χ0v) is 19.1. The Morgan fingerprint density at radius 2 is 2.17 bits per heavy atom. The molecule has 4 aromatic heterocycles. The Balaban J connectivity index is 1.42. The lowest BCUT2D eigenvalue weighted by Gasteiger charge is -2.11. The van der Waals surface area contributed by atoms with E-state index in [1.54, 1.807) is 34.2 Å². The summed E-state index contributed by atoms with van der Waals surface area (Å²) in [5.41, 5.74) is 2.64. The molecule has 0 aliphatic heterocycles. The summed E-state index contributed by atoms with van der Waals surface area (Å²) in [6, 6.07) is 10.8. The van der Waals surface area contributed by atoms with E-state index in [0.717, 1.165) is 28.8 Å². The summed E-state index contributed by atoms with van der Waals surface area (Å²) in [6.07, 6.45) is 5.25. The van der Waals surface area contributed by atoms with Gasteiger partial charge in [-0.25, -0.2) is 14.2 Å². The average Bonchev–Trinajstić information content (AvgIpc) is 3.19. The molecular formula is C24H20FN7O2S. The number of thiophene rings is 1. The third-order valence-corrected chi connectivity index (χ3v) is 6.59.